The molecule has 3 rings (SSSR count). The van der Waals surface area contributed by atoms with Gasteiger partial charge in [0.15, 0.2) is 22.4 Å². The summed E-state index contributed by atoms with van der Waals surface area (Å²) in [7, 11) is 4.79. The zero-order valence-electron chi connectivity index (χ0n) is 16.0. The largest absolute Gasteiger partial charge is 0.497 e. The van der Waals surface area contributed by atoms with Crippen molar-refractivity contribution in [2.45, 2.75) is 0 Å². The van der Waals surface area contributed by atoms with Gasteiger partial charge in [-0.3, -0.25) is 9.79 Å². The summed E-state index contributed by atoms with van der Waals surface area (Å²) in [6.07, 6.45) is 0. The minimum absolute atomic E-state index is 0. The van der Waals surface area contributed by atoms with Crippen LogP contribution in [0.2, 0.25) is 0 Å². The molecule has 8 heteroatoms. The Balaban J connectivity index is 0.00000280. The van der Waals surface area contributed by atoms with E-state index in [2.05, 4.69) is 4.99 Å². The average molecular weight is 467 g/mol. The molecule has 0 atom stereocenters. The molecule has 2 aromatic rings. The molecule has 1 aliphatic heterocycles. The summed E-state index contributed by atoms with van der Waals surface area (Å²) < 4.78 is 15.9. The van der Waals surface area contributed by atoms with Gasteiger partial charge in [-0.25, -0.2) is 0 Å². The van der Waals surface area contributed by atoms with Crippen LogP contribution in [0.15, 0.2) is 47.5 Å². The van der Waals surface area contributed by atoms with Crippen molar-refractivity contribution in [3.05, 3.63) is 48.0 Å². The minimum atomic E-state index is 0. The number of ether oxygens (including phenoxy) is 3. The molecule has 1 heterocycles. The normalized spacial score (nSPS) is 12.6. The Morgan fingerprint density at radius 1 is 1.04 bits per heavy atom. The van der Waals surface area contributed by atoms with Crippen LogP contribution in [0.1, 0.15) is 10.4 Å². The highest BCUT2D eigenvalue weighted by molar-refractivity contribution is 8.93. The van der Waals surface area contributed by atoms with E-state index in [4.69, 9.17) is 14.2 Å². The lowest BCUT2D eigenvalue weighted by Crippen LogP contribution is -2.33. The van der Waals surface area contributed by atoms with Crippen LogP contribution in [0, 0.1) is 0 Å². The Hall–Kier alpha value is -2.19. The van der Waals surface area contributed by atoms with Crippen LogP contribution in [0.25, 0.3) is 0 Å². The molecule has 0 amide bonds. The van der Waals surface area contributed by atoms with Gasteiger partial charge in [0.2, 0.25) is 0 Å². The van der Waals surface area contributed by atoms with Crippen molar-refractivity contribution < 1.29 is 19.0 Å². The number of Topliss-reactive ketones (excluding diaryl/α,β-unsaturated/α-hetero) is 1. The SMILES string of the molecule is Br.COc1ccc(C(=O)CN(C2=NCCS2)c2ccc(OC)c(OC)c2)cc1. The number of thioether (sulfide) groups is 1. The third-order valence-corrected chi connectivity index (χ3v) is 5.19. The maximum atomic E-state index is 12.9. The third-order valence-electron chi connectivity index (χ3n) is 4.19. The number of halogens is 1. The highest BCUT2D eigenvalue weighted by Gasteiger charge is 2.22. The van der Waals surface area contributed by atoms with Crippen molar-refractivity contribution in [3.63, 3.8) is 0 Å². The van der Waals surface area contributed by atoms with Crippen molar-refractivity contribution in [3.8, 4) is 17.2 Å². The molecule has 0 aromatic heterocycles. The summed E-state index contributed by atoms with van der Waals surface area (Å²) in [5, 5.41) is 0.837. The summed E-state index contributed by atoms with van der Waals surface area (Å²) in [5.74, 6) is 2.89. The molecule has 0 N–H and O–H groups in total. The first-order valence-electron chi connectivity index (χ1n) is 8.50. The highest BCUT2D eigenvalue weighted by Crippen LogP contribution is 2.33. The predicted molar refractivity (Wildman–Crippen MR) is 119 cm³/mol. The molecule has 0 radical (unpaired) electrons. The summed E-state index contributed by atoms with van der Waals surface area (Å²) in [5.41, 5.74) is 1.47. The van der Waals surface area contributed by atoms with Crippen LogP contribution in [0.4, 0.5) is 5.69 Å². The molecule has 0 spiro atoms. The van der Waals surface area contributed by atoms with Crippen molar-refractivity contribution in [2.24, 2.45) is 4.99 Å². The molecule has 150 valence electrons. The first-order chi connectivity index (χ1) is 13.2. The number of nitrogens with zero attached hydrogens (tertiary/aromatic N) is 2. The van der Waals surface area contributed by atoms with Crippen LogP contribution in [-0.4, -0.2) is 51.1 Å². The molecule has 6 nitrogen and oxygen atoms in total. The Labute approximate surface area is 179 Å². The van der Waals surface area contributed by atoms with E-state index in [0.717, 1.165) is 28.9 Å². The molecule has 0 fully saturated rings. The van der Waals surface area contributed by atoms with Gasteiger partial charge in [-0.15, -0.1) is 17.0 Å². The van der Waals surface area contributed by atoms with E-state index in [1.807, 2.05) is 23.1 Å². The first kappa shape index (κ1) is 22.1. The standard InChI is InChI=1S/C20H22N2O4S.BrH/c1-24-16-7-4-14(5-8-16)17(23)13-22(20-21-10-11-27-20)15-6-9-18(25-2)19(12-15)26-3;/h4-9,12H,10-11,13H2,1-3H3;1H. The number of carbonyl (C=O) groups is 1. The lowest BCUT2D eigenvalue weighted by atomic mass is 10.1. The topological polar surface area (TPSA) is 60.4 Å². The second-order valence-electron chi connectivity index (χ2n) is 5.79. The fourth-order valence-corrected chi connectivity index (χ4v) is 3.63. The van der Waals surface area contributed by atoms with E-state index in [1.54, 1.807) is 57.4 Å². The van der Waals surface area contributed by atoms with Crippen LogP contribution in [0.5, 0.6) is 17.2 Å². The van der Waals surface area contributed by atoms with E-state index < -0.39 is 0 Å². The first-order valence-corrected chi connectivity index (χ1v) is 9.49. The van der Waals surface area contributed by atoms with E-state index in [1.165, 1.54) is 0 Å². The number of rotatable bonds is 7. The maximum Gasteiger partial charge on any atom is 0.182 e. The molecule has 28 heavy (non-hydrogen) atoms. The Morgan fingerprint density at radius 2 is 1.75 bits per heavy atom. The summed E-state index contributed by atoms with van der Waals surface area (Å²) >= 11 is 1.64. The van der Waals surface area contributed by atoms with Gasteiger partial charge in [0.1, 0.15) is 5.75 Å². The Morgan fingerprint density at radius 3 is 2.32 bits per heavy atom. The third kappa shape index (κ3) is 4.99. The molecule has 2 aromatic carbocycles. The second-order valence-corrected chi connectivity index (χ2v) is 6.85. The average Bonchev–Trinajstić information content (AvgIpc) is 3.26. The molecular formula is C20H23BrN2O4S. The van der Waals surface area contributed by atoms with E-state index in [0.29, 0.717) is 17.1 Å². The maximum absolute atomic E-state index is 12.9. The molecule has 0 bridgehead atoms. The van der Waals surface area contributed by atoms with Crippen LogP contribution >= 0.6 is 28.7 Å². The van der Waals surface area contributed by atoms with Crippen LogP contribution in [0.3, 0.4) is 0 Å². The van der Waals surface area contributed by atoms with E-state index in [9.17, 15) is 4.79 Å². The van der Waals surface area contributed by atoms with Gasteiger partial charge in [-0.05, 0) is 36.4 Å². The van der Waals surface area contributed by atoms with Gasteiger partial charge in [0.05, 0.1) is 34.4 Å². The summed E-state index contributed by atoms with van der Waals surface area (Å²) in [6, 6.07) is 12.7. The smallest absolute Gasteiger partial charge is 0.182 e. The van der Waals surface area contributed by atoms with Crippen molar-refractivity contribution in [1.29, 1.82) is 0 Å². The second kappa shape index (κ2) is 10.4. The molecule has 0 saturated carbocycles. The van der Waals surface area contributed by atoms with E-state index >= 15 is 0 Å². The number of hydrogen-bond acceptors (Lipinski definition) is 7. The van der Waals surface area contributed by atoms with Crippen molar-refractivity contribution in [1.82, 2.24) is 0 Å². The monoisotopic (exact) mass is 466 g/mol. The fourth-order valence-electron chi connectivity index (χ4n) is 2.76. The van der Waals surface area contributed by atoms with Gasteiger partial charge in [0.25, 0.3) is 0 Å². The van der Waals surface area contributed by atoms with Crippen LogP contribution < -0.4 is 19.1 Å². The van der Waals surface area contributed by atoms with Crippen LogP contribution in [-0.2, 0) is 0 Å². The number of benzene rings is 2. The number of carbonyl (C=O) groups excluding carboxylic acids is 1. The summed E-state index contributed by atoms with van der Waals surface area (Å²) in [4.78, 5) is 19.3. The zero-order chi connectivity index (χ0) is 19.2. The number of aliphatic imine (C=N–C) groups is 1. The summed E-state index contributed by atoms with van der Waals surface area (Å²) in [6.45, 7) is 0.939. The van der Waals surface area contributed by atoms with Gasteiger partial charge >= 0.3 is 0 Å². The quantitative estimate of drug-likeness (QED) is 0.572. The van der Waals surface area contributed by atoms with Gasteiger partial charge in [-0.2, -0.15) is 0 Å². The number of ketones is 1. The minimum Gasteiger partial charge on any atom is -0.497 e. The number of hydrogen-bond donors (Lipinski definition) is 0. The number of amidine groups is 1. The van der Waals surface area contributed by atoms with E-state index in [-0.39, 0.29) is 29.3 Å². The Kier molecular flexibility index (Phi) is 8.19. The zero-order valence-corrected chi connectivity index (χ0v) is 18.5. The number of anilines is 1. The molecule has 1 aliphatic rings. The highest BCUT2D eigenvalue weighted by atomic mass is 79.9. The predicted octanol–water partition coefficient (Wildman–Crippen LogP) is 4.08. The van der Waals surface area contributed by atoms with Crippen molar-refractivity contribution in [2.75, 3.05) is 45.1 Å². The van der Waals surface area contributed by atoms with Crippen molar-refractivity contribution >= 4 is 45.4 Å². The molecule has 0 saturated heterocycles. The Bertz CT molecular complexity index is 843. The fraction of sp³-hybridized carbons (Fsp3) is 0.300. The molecule has 0 unspecified atom stereocenters. The lowest BCUT2D eigenvalue weighted by Gasteiger charge is -2.24. The molecular weight excluding hydrogens is 444 g/mol. The van der Waals surface area contributed by atoms with Gasteiger partial charge in [-0.1, -0.05) is 11.8 Å². The van der Waals surface area contributed by atoms with Gasteiger partial charge in [0, 0.05) is 23.1 Å². The van der Waals surface area contributed by atoms with Gasteiger partial charge < -0.3 is 19.1 Å². The number of methoxy groups -OCH3 is 3. The molecule has 0 aliphatic carbocycles. The lowest BCUT2D eigenvalue weighted by molar-refractivity contribution is 0.100.